The topological polar surface area (TPSA) is 105 Å². The molecule has 0 aliphatic heterocycles. The second kappa shape index (κ2) is 14.5. The van der Waals surface area contributed by atoms with E-state index in [1.807, 2.05) is 45.0 Å². The molecule has 0 saturated heterocycles. The number of nitrogens with one attached hydrogen (secondary N) is 1. The van der Waals surface area contributed by atoms with Gasteiger partial charge in [-0.2, -0.15) is 0 Å². The molecule has 9 nitrogen and oxygen atoms in total. The predicted molar refractivity (Wildman–Crippen MR) is 160 cm³/mol. The van der Waals surface area contributed by atoms with Crippen LogP contribution in [0.3, 0.4) is 0 Å². The van der Waals surface area contributed by atoms with Crippen LogP contribution in [-0.4, -0.2) is 58.5 Å². The van der Waals surface area contributed by atoms with Gasteiger partial charge in [0.2, 0.25) is 11.8 Å². The third-order valence-corrected chi connectivity index (χ3v) is 8.42. The number of anilines is 1. The standard InChI is InChI=1S/C31H39N3O6S/c1-6-19-32-31(36)27(7-2)33(21-24-12-10-11-23(3)20-24)30(35)22-34(28-13-8-9-14-29(28)40-5)41(37,38)26-17-15-25(39-4)16-18-26/h8-18,20,27H,6-7,19,21-22H2,1-5H3,(H,32,36). The molecule has 0 radical (unpaired) electrons. The number of carbonyl (C=O) groups is 2. The van der Waals surface area contributed by atoms with Crippen molar-refractivity contribution in [2.75, 3.05) is 31.6 Å². The molecule has 2 amide bonds. The van der Waals surface area contributed by atoms with Crippen LogP contribution in [0.5, 0.6) is 11.5 Å². The minimum Gasteiger partial charge on any atom is -0.497 e. The number of methoxy groups -OCH3 is 2. The maximum absolute atomic E-state index is 14.2. The number of carbonyl (C=O) groups excluding carboxylic acids is 2. The van der Waals surface area contributed by atoms with Crippen LogP contribution in [0.2, 0.25) is 0 Å². The van der Waals surface area contributed by atoms with E-state index in [0.29, 0.717) is 18.7 Å². The summed E-state index contributed by atoms with van der Waals surface area (Å²) in [5, 5.41) is 2.89. The number of benzene rings is 3. The first-order valence-electron chi connectivity index (χ1n) is 13.6. The van der Waals surface area contributed by atoms with E-state index in [1.165, 1.54) is 31.3 Å². The van der Waals surface area contributed by atoms with Gasteiger partial charge >= 0.3 is 0 Å². The molecule has 0 aromatic heterocycles. The number of para-hydroxylation sites is 2. The van der Waals surface area contributed by atoms with Gasteiger partial charge in [0.1, 0.15) is 24.1 Å². The van der Waals surface area contributed by atoms with Gasteiger partial charge < -0.3 is 19.7 Å². The fraction of sp³-hybridized carbons (Fsp3) is 0.355. The zero-order chi connectivity index (χ0) is 30.0. The van der Waals surface area contributed by atoms with E-state index in [4.69, 9.17) is 9.47 Å². The lowest BCUT2D eigenvalue weighted by molar-refractivity contribution is -0.140. The van der Waals surface area contributed by atoms with Crippen molar-refractivity contribution in [2.24, 2.45) is 0 Å². The maximum Gasteiger partial charge on any atom is 0.264 e. The van der Waals surface area contributed by atoms with E-state index in [9.17, 15) is 18.0 Å². The maximum atomic E-state index is 14.2. The lowest BCUT2D eigenvalue weighted by atomic mass is 10.1. The van der Waals surface area contributed by atoms with Gasteiger partial charge in [-0.3, -0.25) is 13.9 Å². The number of rotatable bonds is 14. The average Bonchev–Trinajstić information content (AvgIpc) is 2.98. The average molecular weight is 582 g/mol. The zero-order valence-corrected chi connectivity index (χ0v) is 25.1. The lowest BCUT2D eigenvalue weighted by Gasteiger charge is -2.33. The number of sulfonamides is 1. The molecule has 0 heterocycles. The molecule has 0 bridgehead atoms. The molecule has 0 fully saturated rings. The largest absolute Gasteiger partial charge is 0.497 e. The third-order valence-electron chi connectivity index (χ3n) is 6.65. The molecule has 3 rings (SSSR count). The van der Waals surface area contributed by atoms with Gasteiger partial charge in [0, 0.05) is 13.1 Å². The summed E-state index contributed by atoms with van der Waals surface area (Å²) in [6.07, 6.45) is 1.10. The molecular formula is C31H39N3O6S. The first kappa shape index (κ1) is 31.5. The molecular weight excluding hydrogens is 542 g/mol. The fourth-order valence-corrected chi connectivity index (χ4v) is 5.94. The normalized spacial score (nSPS) is 11.8. The van der Waals surface area contributed by atoms with Crippen LogP contribution in [0.1, 0.15) is 37.8 Å². The van der Waals surface area contributed by atoms with E-state index in [0.717, 1.165) is 21.9 Å². The Hall–Kier alpha value is -4.05. The minimum atomic E-state index is -4.24. The summed E-state index contributed by atoms with van der Waals surface area (Å²) in [7, 11) is -1.31. The minimum absolute atomic E-state index is 0.0185. The van der Waals surface area contributed by atoms with Crippen LogP contribution in [0, 0.1) is 6.92 Å². The second-order valence-electron chi connectivity index (χ2n) is 9.58. The summed E-state index contributed by atoms with van der Waals surface area (Å²) in [5.41, 5.74) is 2.05. The van der Waals surface area contributed by atoms with Crippen LogP contribution in [0.25, 0.3) is 0 Å². The van der Waals surface area contributed by atoms with Crippen molar-refractivity contribution in [1.82, 2.24) is 10.2 Å². The van der Waals surface area contributed by atoms with Gasteiger partial charge in [-0.05, 0) is 61.7 Å². The third kappa shape index (κ3) is 7.79. The number of aryl methyl sites for hydroxylation is 1. The molecule has 1 N–H and O–H groups in total. The zero-order valence-electron chi connectivity index (χ0n) is 24.3. The van der Waals surface area contributed by atoms with Crippen molar-refractivity contribution in [1.29, 1.82) is 0 Å². The van der Waals surface area contributed by atoms with Gasteiger partial charge in [0.25, 0.3) is 10.0 Å². The van der Waals surface area contributed by atoms with Gasteiger partial charge in [0.15, 0.2) is 0 Å². The van der Waals surface area contributed by atoms with Crippen molar-refractivity contribution in [3.63, 3.8) is 0 Å². The Kier molecular flexibility index (Phi) is 11.2. The number of nitrogens with zero attached hydrogens (tertiary/aromatic N) is 2. The summed E-state index contributed by atoms with van der Waals surface area (Å²) in [6.45, 7) is 5.80. The number of amides is 2. The SMILES string of the molecule is CCCNC(=O)C(CC)N(Cc1cccc(C)c1)C(=O)CN(c1ccccc1OC)S(=O)(=O)c1ccc(OC)cc1. The van der Waals surface area contributed by atoms with Crippen molar-refractivity contribution in [3.05, 3.63) is 83.9 Å². The van der Waals surface area contributed by atoms with E-state index in [2.05, 4.69) is 5.32 Å². The van der Waals surface area contributed by atoms with Crippen molar-refractivity contribution >= 4 is 27.5 Å². The number of ether oxygens (including phenoxy) is 2. The molecule has 0 aliphatic carbocycles. The van der Waals surface area contributed by atoms with E-state index in [-0.39, 0.29) is 28.8 Å². The van der Waals surface area contributed by atoms with Gasteiger partial charge in [-0.1, -0.05) is 55.8 Å². The Labute approximate surface area is 243 Å². The number of hydrogen-bond donors (Lipinski definition) is 1. The highest BCUT2D eigenvalue weighted by Crippen LogP contribution is 2.33. The molecule has 0 saturated carbocycles. The van der Waals surface area contributed by atoms with Crippen LogP contribution < -0.4 is 19.1 Å². The monoisotopic (exact) mass is 581 g/mol. The highest BCUT2D eigenvalue weighted by atomic mass is 32.2. The summed E-state index contributed by atoms with van der Waals surface area (Å²) in [4.78, 5) is 28.8. The van der Waals surface area contributed by atoms with Crippen molar-refractivity contribution < 1.29 is 27.5 Å². The van der Waals surface area contributed by atoms with Crippen molar-refractivity contribution in [2.45, 2.75) is 51.1 Å². The first-order chi connectivity index (χ1) is 19.7. The van der Waals surface area contributed by atoms with Crippen LogP contribution in [0.4, 0.5) is 5.69 Å². The highest BCUT2D eigenvalue weighted by molar-refractivity contribution is 7.92. The Bertz CT molecular complexity index is 1430. The first-order valence-corrected chi connectivity index (χ1v) is 15.0. The summed E-state index contributed by atoms with van der Waals surface area (Å²) < 4.78 is 39.8. The molecule has 3 aromatic rings. The Morgan fingerprint density at radius 1 is 0.927 bits per heavy atom. The predicted octanol–water partition coefficient (Wildman–Crippen LogP) is 4.54. The smallest absolute Gasteiger partial charge is 0.264 e. The molecule has 41 heavy (non-hydrogen) atoms. The molecule has 1 unspecified atom stereocenters. The molecule has 0 aliphatic rings. The summed E-state index contributed by atoms with van der Waals surface area (Å²) in [5.74, 6) is -0.0161. The molecule has 220 valence electrons. The van der Waals surface area contributed by atoms with Crippen LogP contribution in [0.15, 0.2) is 77.7 Å². The highest BCUT2D eigenvalue weighted by Gasteiger charge is 2.34. The molecule has 3 aromatic carbocycles. The quantitative estimate of drug-likeness (QED) is 0.300. The van der Waals surface area contributed by atoms with Gasteiger partial charge in [-0.25, -0.2) is 8.42 Å². The summed E-state index contributed by atoms with van der Waals surface area (Å²) >= 11 is 0. The molecule has 10 heteroatoms. The van der Waals surface area contributed by atoms with Crippen LogP contribution in [-0.2, 0) is 26.2 Å². The van der Waals surface area contributed by atoms with Crippen LogP contribution >= 0.6 is 0 Å². The van der Waals surface area contributed by atoms with E-state index in [1.54, 1.807) is 36.4 Å². The van der Waals surface area contributed by atoms with E-state index < -0.39 is 28.5 Å². The lowest BCUT2D eigenvalue weighted by Crippen LogP contribution is -2.52. The molecule has 0 spiro atoms. The fourth-order valence-electron chi connectivity index (χ4n) is 4.52. The number of hydrogen-bond acceptors (Lipinski definition) is 6. The van der Waals surface area contributed by atoms with Gasteiger partial charge in [0.05, 0.1) is 24.8 Å². The summed E-state index contributed by atoms with van der Waals surface area (Å²) in [6, 6.07) is 19.4. The Balaban J connectivity index is 2.09. The second-order valence-corrected chi connectivity index (χ2v) is 11.4. The van der Waals surface area contributed by atoms with Gasteiger partial charge in [-0.15, -0.1) is 0 Å². The van der Waals surface area contributed by atoms with E-state index >= 15 is 0 Å². The Morgan fingerprint density at radius 3 is 2.24 bits per heavy atom. The molecule has 1 atom stereocenters. The Morgan fingerprint density at radius 2 is 1.63 bits per heavy atom. The van der Waals surface area contributed by atoms with Crippen molar-refractivity contribution in [3.8, 4) is 11.5 Å².